The molecule has 0 amide bonds. The van der Waals surface area contributed by atoms with E-state index in [4.69, 9.17) is 10.5 Å². The van der Waals surface area contributed by atoms with Crippen LogP contribution in [0.3, 0.4) is 0 Å². The van der Waals surface area contributed by atoms with Gasteiger partial charge in [-0.2, -0.15) is 11.8 Å². The number of rotatable bonds is 6. The Morgan fingerprint density at radius 1 is 1.05 bits per heavy atom. The van der Waals surface area contributed by atoms with Gasteiger partial charge < -0.3 is 10.5 Å². The first-order chi connectivity index (χ1) is 9.25. The van der Waals surface area contributed by atoms with E-state index in [1.54, 1.807) is 17.8 Å². The van der Waals surface area contributed by atoms with Gasteiger partial charge in [0.05, 0.1) is 6.61 Å². The third-order valence-corrected chi connectivity index (χ3v) is 3.56. The lowest BCUT2D eigenvalue weighted by molar-refractivity contribution is 0.344. The lowest BCUT2D eigenvalue weighted by atomic mass is 10.2. The molecule has 2 aromatic rings. The summed E-state index contributed by atoms with van der Waals surface area (Å²) in [5.74, 6) is 2.14. The molecule has 0 unspecified atom stereocenters. The third kappa shape index (κ3) is 4.48. The molecule has 0 aliphatic carbocycles. The molecule has 19 heavy (non-hydrogen) atoms. The molecule has 0 bridgehead atoms. The van der Waals surface area contributed by atoms with Crippen LogP contribution in [-0.2, 0) is 5.75 Å². The third-order valence-electron chi connectivity index (χ3n) is 2.59. The minimum atomic E-state index is -0.144. The quantitative estimate of drug-likeness (QED) is 0.645. The number of hydrogen-bond acceptors (Lipinski definition) is 3. The van der Waals surface area contributed by atoms with E-state index < -0.39 is 0 Å². The monoisotopic (exact) mass is 277 g/mol. The van der Waals surface area contributed by atoms with E-state index in [1.807, 2.05) is 36.4 Å². The van der Waals surface area contributed by atoms with Crippen LogP contribution in [0, 0.1) is 5.82 Å². The van der Waals surface area contributed by atoms with Gasteiger partial charge in [0, 0.05) is 17.2 Å². The van der Waals surface area contributed by atoms with Crippen molar-refractivity contribution >= 4 is 17.4 Å². The maximum atomic E-state index is 13.3. The molecule has 0 spiro atoms. The Labute approximate surface area is 116 Å². The number of benzene rings is 2. The first kappa shape index (κ1) is 13.7. The molecule has 100 valence electrons. The SMILES string of the molecule is Nc1ccc(OCCSCc2ccccc2F)cc1. The van der Waals surface area contributed by atoms with E-state index in [2.05, 4.69) is 0 Å². The van der Waals surface area contributed by atoms with Gasteiger partial charge in [0.25, 0.3) is 0 Å². The van der Waals surface area contributed by atoms with Crippen molar-refractivity contribution in [3.63, 3.8) is 0 Å². The summed E-state index contributed by atoms with van der Waals surface area (Å²) in [6.45, 7) is 0.600. The molecule has 0 atom stereocenters. The second kappa shape index (κ2) is 7.04. The largest absolute Gasteiger partial charge is 0.493 e. The Hall–Kier alpha value is -1.68. The summed E-state index contributed by atoms with van der Waals surface area (Å²) in [4.78, 5) is 0. The molecule has 0 saturated heterocycles. The molecule has 2 aromatic carbocycles. The fraction of sp³-hybridized carbons (Fsp3) is 0.200. The van der Waals surface area contributed by atoms with Gasteiger partial charge in [0.2, 0.25) is 0 Å². The van der Waals surface area contributed by atoms with Gasteiger partial charge in [-0.25, -0.2) is 4.39 Å². The number of ether oxygens (including phenoxy) is 1. The predicted octanol–water partition coefficient (Wildman–Crippen LogP) is 3.72. The first-order valence-corrected chi connectivity index (χ1v) is 7.20. The van der Waals surface area contributed by atoms with Crippen molar-refractivity contribution in [2.75, 3.05) is 18.1 Å². The minimum absolute atomic E-state index is 0.144. The highest BCUT2D eigenvalue weighted by Crippen LogP contribution is 2.16. The summed E-state index contributed by atoms with van der Waals surface area (Å²) in [5.41, 5.74) is 7.05. The standard InChI is InChI=1S/C15H16FNOS/c16-15-4-2-1-3-12(15)11-19-10-9-18-14-7-5-13(17)6-8-14/h1-8H,9-11,17H2. The molecular weight excluding hydrogens is 261 g/mol. The molecule has 2 rings (SSSR count). The van der Waals surface area contributed by atoms with Gasteiger partial charge in [0.15, 0.2) is 0 Å². The second-order valence-corrected chi connectivity index (χ2v) is 5.17. The Kier molecular flexibility index (Phi) is 5.10. The average Bonchev–Trinajstić information content (AvgIpc) is 2.42. The minimum Gasteiger partial charge on any atom is -0.493 e. The Morgan fingerprint density at radius 2 is 1.79 bits per heavy atom. The van der Waals surface area contributed by atoms with E-state index in [-0.39, 0.29) is 5.82 Å². The number of anilines is 1. The zero-order valence-corrected chi connectivity index (χ0v) is 11.3. The number of nitrogen functional groups attached to an aromatic ring is 1. The molecule has 4 heteroatoms. The van der Waals surface area contributed by atoms with Crippen LogP contribution in [0.1, 0.15) is 5.56 Å². The van der Waals surface area contributed by atoms with Gasteiger partial charge in [-0.15, -0.1) is 0 Å². The van der Waals surface area contributed by atoms with E-state index in [0.29, 0.717) is 12.4 Å². The number of thioether (sulfide) groups is 1. The van der Waals surface area contributed by atoms with E-state index in [0.717, 1.165) is 22.8 Å². The van der Waals surface area contributed by atoms with Crippen LogP contribution in [0.15, 0.2) is 48.5 Å². The number of halogens is 1. The fourth-order valence-corrected chi connectivity index (χ4v) is 2.38. The van der Waals surface area contributed by atoms with Crippen LogP contribution in [0.4, 0.5) is 10.1 Å². The second-order valence-electron chi connectivity index (χ2n) is 4.06. The van der Waals surface area contributed by atoms with E-state index >= 15 is 0 Å². The lowest BCUT2D eigenvalue weighted by Gasteiger charge is -2.06. The number of nitrogens with two attached hydrogens (primary N) is 1. The van der Waals surface area contributed by atoms with Gasteiger partial charge in [0.1, 0.15) is 11.6 Å². The fourth-order valence-electron chi connectivity index (χ4n) is 1.58. The average molecular weight is 277 g/mol. The van der Waals surface area contributed by atoms with Crippen LogP contribution in [0.5, 0.6) is 5.75 Å². The van der Waals surface area contributed by atoms with Crippen molar-refractivity contribution < 1.29 is 9.13 Å². The molecule has 2 nitrogen and oxygen atoms in total. The molecule has 0 heterocycles. The van der Waals surface area contributed by atoms with Gasteiger partial charge >= 0.3 is 0 Å². The van der Waals surface area contributed by atoms with Crippen molar-refractivity contribution in [1.82, 2.24) is 0 Å². The van der Waals surface area contributed by atoms with Crippen molar-refractivity contribution in [2.24, 2.45) is 0 Å². The molecule has 0 aliphatic rings. The number of hydrogen-bond donors (Lipinski definition) is 1. The zero-order chi connectivity index (χ0) is 13.5. The highest BCUT2D eigenvalue weighted by Gasteiger charge is 2.00. The van der Waals surface area contributed by atoms with Crippen molar-refractivity contribution in [1.29, 1.82) is 0 Å². The summed E-state index contributed by atoms with van der Waals surface area (Å²) in [5, 5.41) is 0. The topological polar surface area (TPSA) is 35.2 Å². The molecule has 0 fully saturated rings. The Bertz CT molecular complexity index is 516. The first-order valence-electron chi connectivity index (χ1n) is 6.05. The highest BCUT2D eigenvalue weighted by atomic mass is 32.2. The van der Waals surface area contributed by atoms with Crippen LogP contribution in [0.2, 0.25) is 0 Å². The highest BCUT2D eigenvalue weighted by molar-refractivity contribution is 7.98. The lowest BCUT2D eigenvalue weighted by Crippen LogP contribution is -2.01. The van der Waals surface area contributed by atoms with Crippen molar-refractivity contribution in [2.45, 2.75) is 5.75 Å². The van der Waals surface area contributed by atoms with Crippen molar-refractivity contribution in [3.8, 4) is 5.75 Å². The van der Waals surface area contributed by atoms with Gasteiger partial charge in [-0.1, -0.05) is 18.2 Å². The van der Waals surface area contributed by atoms with Crippen molar-refractivity contribution in [3.05, 3.63) is 59.9 Å². The molecule has 0 saturated carbocycles. The Balaban J connectivity index is 1.67. The molecule has 0 radical (unpaired) electrons. The van der Waals surface area contributed by atoms with Crippen LogP contribution in [0.25, 0.3) is 0 Å². The van der Waals surface area contributed by atoms with E-state index in [1.165, 1.54) is 6.07 Å². The van der Waals surface area contributed by atoms with Crippen LogP contribution < -0.4 is 10.5 Å². The van der Waals surface area contributed by atoms with E-state index in [9.17, 15) is 4.39 Å². The summed E-state index contributed by atoms with van der Waals surface area (Å²) < 4.78 is 18.9. The molecular formula is C15H16FNOS. The summed E-state index contributed by atoms with van der Waals surface area (Å²) >= 11 is 1.65. The molecule has 2 N–H and O–H groups in total. The molecule has 0 aliphatic heterocycles. The smallest absolute Gasteiger partial charge is 0.127 e. The zero-order valence-electron chi connectivity index (χ0n) is 10.5. The van der Waals surface area contributed by atoms with Crippen LogP contribution >= 0.6 is 11.8 Å². The van der Waals surface area contributed by atoms with Gasteiger partial charge in [-0.05, 0) is 35.9 Å². The maximum Gasteiger partial charge on any atom is 0.127 e. The normalized spacial score (nSPS) is 10.4. The van der Waals surface area contributed by atoms with Crippen LogP contribution in [-0.4, -0.2) is 12.4 Å². The predicted molar refractivity (Wildman–Crippen MR) is 78.9 cm³/mol. The maximum absolute atomic E-state index is 13.3. The summed E-state index contributed by atoms with van der Waals surface area (Å²) in [7, 11) is 0. The molecule has 0 aromatic heterocycles. The Morgan fingerprint density at radius 3 is 2.53 bits per heavy atom. The van der Waals surface area contributed by atoms with Gasteiger partial charge in [-0.3, -0.25) is 0 Å². The summed E-state index contributed by atoms with van der Waals surface area (Å²) in [6.07, 6.45) is 0. The summed E-state index contributed by atoms with van der Waals surface area (Å²) in [6, 6.07) is 14.2.